The third-order valence-electron chi connectivity index (χ3n) is 3.26. The van der Waals surface area contributed by atoms with Crippen LogP contribution in [-0.4, -0.2) is 23.9 Å². The lowest BCUT2D eigenvalue weighted by Crippen LogP contribution is -2.40. The molecule has 1 aliphatic rings. The molecule has 0 aliphatic carbocycles. The second-order valence-corrected chi connectivity index (χ2v) is 4.69. The maximum Gasteiger partial charge on any atom is 0.269 e. The number of nitrogens with zero attached hydrogens (tertiary/aromatic N) is 1. The fraction of sp³-hybridized carbons (Fsp3) is 0.462. The molecule has 1 saturated heterocycles. The van der Waals surface area contributed by atoms with Gasteiger partial charge in [-0.15, -0.1) is 0 Å². The van der Waals surface area contributed by atoms with E-state index >= 15 is 0 Å². The van der Waals surface area contributed by atoms with Crippen molar-refractivity contribution < 1.29 is 9.72 Å². The molecule has 102 valence electrons. The second-order valence-electron chi connectivity index (χ2n) is 4.69. The first-order valence-electron chi connectivity index (χ1n) is 6.38. The van der Waals surface area contributed by atoms with Crippen molar-refractivity contribution in [2.24, 2.45) is 5.92 Å². The summed E-state index contributed by atoms with van der Waals surface area (Å²) in [5.41, 5.74) is 0.789. The molecule has 1 fully saturated rings. The summed E-state index contributed by atoms with van der Waals surface area (Å²) in [6.07, 6.45) is 1.91. The van der Waals surface area contributed by atoms with E-state index in [0.29, 0.717) is 13.1 Å². The van der Waals surface area contributed by atoms with Crippen LogP contribution in [0, 0.1) is 16.0 Å². The number of hydrogen-bond donors (Lipinski definition) is 2. The maximum absolute atomic E-state index is 11.9. The Balaban J connectivity index is 1.89. The van der Waals surface area contributed by atoms with E-state index in [-0.39, 0.29) is 17.5 Å². The molecule has 0 bridgehead atoms. The summed E-state index contributed by atoms with van der Waals surface area (Å²) in [5, 5.41) is 16.7. The number of carbonyl (C=O) groups excluding carboxylic acids is 1. The Bertz CT molecular complexity index is 470. The first kappa shape index (κ1) is 13.5. The van der Waals surface area contributed by atoms with Crippen LogP contribution >= 0.6 is 0 Å². The number of benzene rings is 1. The highest BCUT2D eigenvalue weighted by Crippen LogP contribution is 2.14. The van der Waals surface area contributed by atoms with Crippen LogP contribution in [-0.2, 0) is 11.3 Å². The zero-order valence-electron chi connectivity index (χ0n) is 10.6. The van der Waals surface area contributed by atoms with Crippen LogP contribution in [0.15, 0.2) is 24.3 Å². The molecule has 1 amide bonds. The van der Waals surface area contributed by atoms with Gasteiger partial charge in [0.05, 0.1) is 10.8 Å². The molecule has 2 N–H and O–H groups in total. The lowest BCUT2D eigenvalue weighted by molar-refractivity contribution is -0.384. The molecule has 0 radical (unpaired) electrons. The van der Waals surface area contributed by atoms with Crippen molar-refractivity contribution in [3.8, 4) is 0 Å². The van der Waals surface area contributed by atoms with E-state index < -0.39 is 4.92 Å². The third kappa shape index (κ3) is 3.75. The summed E-state index contributed by atoms with van der Waals surface area (Å²) < 4.78 is 0. The van der Waals surface area contributed by atoms with Gasteiger partial charge in [-0.2, -0.15) is 0 Å². The van der Waals surface area contributed by atoms with Gasteiger partial charge in [0.15, 0.2) is 0 Å². The van der Waals surface area contributed by atoms with Gasteiger partial charge in [0.25, 0.3) is 5.69 Å². The molecular weight excluding hydrogens is 246 g/mol. The fourth-order valence-corrected chi connectivity index (χ4v) is 2.19. The zero-order chi connectivity index (χ0) is 13.7. The zero-order valence-corrected chi connectivity index (χ0v) is 10.6. The maximum atomic E-state index is 11.9. The van der Waals surface area contributed by atoms with Crippen molar-refractivity contribution in [3.05, 3.63) is 39.9 Å². The highest BCUT2D eigenvalue weighted by molar-refractivity contribution is 5.78. The van der Waals surface area contributed by atoms with Gasteiger partial charge in [0.1, 0.15) is 0 Å². The lowest BCUT2D eigenvalue weighted by atomic mass is 9.99. The summed E-state index contributed by atoms with van der Waals surface area (Å²) in [6.45, 7) is 2.01. The Morgan fingerprint density at radius 2 is 2.37 bits per heavy atom. The number of non-ortho nitro benzene ring substituents is 1. The van der Waals surface area contributed by atoms with Crippen LogP contribution < -0.4 is 10.6 Å². The molecule has 1 aromatic carbocycles. The van der Waals surface area contributed by atoms with E-state index in [9.17, 15) is 14.9 Å². The molecule has 0 saturated carbocycles. The first-order chi connectivity index (χ1) is 9.16. The normalized spacial score (nSPS) is 18.8. The second kappa shape index (κ2) is 6.29. The van der Waals surface area contributed by atoms with Crippen molar-refractivity contribution in [2.45, 2.75) is 19.4 Å². The van der Waals surface area contributed by atoms with E-state index in [1.807, 2.05) is 0 Å². The number of piperidine rings is 1. The van der Waals surface area contributed by atoms with Gasteiger partial charge in [-0.05, 0) is 24.9 Å². The lowest BCUT2D eigenvalue weighted by Gasteiger charge is -2.21. The third-order valence-corrected chi connectivity index (χ3v) is 3.26. The Morgan fingerprint density at radius 1 is 1.53 bits per heavy atom. The number of rotatable bonds is 4. The predicted molar refractivity (Wildman–Crippen MR) is 70.5 cm³/mol. The molecule has 1 aromatic rings. The number of nitrogens with one attached hydrogen (secondary N) is 2. The number of amides is 1. The average Bonchev–Trinajstić information content (AvgIpc) is 2.46. The van der Waals surface area contributed by atoms with Gasteiger partial charge in [-0.3, -0.25) is 14.9 Å². The highest BCUT2D eigenvalue weighted by atomic mass is 16.6. The van der Waals surface area contributed by atoms with Gasteiger partial charge in [-0.25, -0.2) is 0 Å². The number of carbonyl (C=O) groups is 1. The number of nitro benzene ring substituents is 1. The van der Waals surface area contributed by atoms with Crippen LogP contribution in [0.5, 0.6) is 0 Å². The quantitative estimate of drug-likeness (QED) is 0.631. The molecule has 1 heterocycles. The van der Waals surface area contributed by atoms with Crippen LogP contribution in [0.2, 0.25) is 0 Å². The van der Waals surface area contributed by atoms with Gasteiger partial charge >= 0.3 is 0 Å². The van der Waals surface area contributed by atoms with E-state index in [1.54, 1.807) is 12.1 Å². The van der Waals surface area contributed by atoms with Crippen molar-refractivity contribution in [3.63, 3.8) is 0 Å². The van der Waals surface area contributed by atoms with Gasteiger partial charge in [-0.1, -0.05) is 12.1 Å². The minimum Gasteiger partial charge on any atom is -0.352 e. The number of hydrogen-bond acceptors (Lipinski definition) is 4. The average molecular weight is 263 g/mol. The molecule has 19 heavy (non-hydrogen) atoms. The van der Waals surface area contributed by atoms with Gasteiger partial charge < -0.3 is 10.6 Å². The van der Waals surface area contributed by atoms with Gasteiger partial charge in [0.2, 0.25) is 5.91 Å². The fourth-order valence-electron chi connectivity index (χ4n) is 2.19. The topological polar surface area (TPSA) is 84.3 Å². The molecule has 2 rings (SSSR count). The van der Waals surface area contributed by atoms with Gasteiger partial charge in [0, 0.05) is 25.2 Å². The first-order valence-corrected chi connectivity index (χ1v) is 6.38. The predicted octanol–water partition coefficient (Wildman–Crippen LogP) is 1.21. The molecule has 1 aliphatic heterocycles. The van der Waals surface area contributed by atoms with Crippen LogP contribution in [0.3, 0.4) is 0 Å². The monoisotopic (exact) mass is 263 g/mol. The molecular formula is C13H17N3O3. The van der Waals surface area contributed by atoms with Crippen molar-refractivity contribution in [1.29, 1.82) is 0 Å². The summed E-state index contributed by atoms with van der Waals surface area (Å²) >= 11 is 0. The van der Waals surface area contributed by atoms with Crippen molar-refractivity contribution in [1.82, 2.24) is 10.6 Å². The van der Waals surface area contributed by atoms with Crippen molar-refractivity contribution in [2.75, 3.05) is 13.1 Å². The number of nitro groups is 1. The van der Waals surface area contributed by atoms with Crippen molar-refractivity contribution >= 4 is 11.6 Å². The molecule has 6 heteroatoms. The molecule has 6 nitrogen and oxygen atoms in total. The molecule has 0 spiro atoms. The van der Waals surface area contributed by atoms with Crippen LogP contribution in [0.1, 0.15) is 18.4 Å². The Kier molecular flexibility index (Phi) is 4.46. The smallest absolute Gasteiger partial charge is 0.269 e. The molecule has 1 atom stereocenters. The van der Waals surface area contributed by atoms with E-state index in [2.05, 4.69) is 10.6 Å². The summed E-state index contributed by atoms with van der Waals surface area (Å²) in [4.78, 5) is 22.1. The van der Waals surface area contributed by atoms with E-state index in [0.717, 1.165) is 24.9 Å². The Hall–Kier alpha value is -1.95. The van der Waals surface area contributed by atoms with E-state index in [4.69, 9.17) is 0 Å². The summed E-state index contributed by atoms with van der Waals surface area (Å²) in [6, 6.07) is 6.32. The van der Waals surface area contributed by atoms with Crippen LogP contribution in [0.25, 0.3) is 0 Å². The largest absolute Gasteiger partial charge is 0.352 e. The van der Waals surface area contributed by atoms with E-state index in [1.165, 1.54) is 12.1 Å². The molecule has 0 unspecified atom stereocenters. The summed E-state index contributed by atoms with van der Waals surface area (Å²) in [7, 11) is 0. The standard InChI is InChI=1S/C13H17N3O3/c17-13(11-4-2-6-14-9-11)15-8-10-3-1-5-12(7-10)16(18)19/h1,3,5,7,11,14H,2,4,6,8-9H2,(H,15,17)/t11-/m0/s1. The molecule has 0 aromatic heterocycles. The Labute approximate surface area is 111 Å². The minimum atomic E-state index is -0.434. The minimum absolute atomic E-state index is 0.00690. The van der Waals surface area contributed by atoms with Crippen LogP contribution in [0.4, 0.5) is 5.69 Å². The summed E-state index contributed by atoms with van der Waals surface area (Å²) in [5.74, 6) is 0.0196. The SMILES string of the molecule is O=C(NCc1cccc([N+](=O)[O-])c1)[C@H]1CCCNC1. The highest BCUT2D eigenvalue weighted by Gasteiger charge is 2.20. The Morgan fingerprint density at radius 3 is 3.05 bits per heavy atom.